The minimum absolute atomic E-state index is 0.0191. The molecule has 1 atom stereocenters. The van der Waals surface area contributed by atoms with Gasteiger partial charge in [0.25, 0.3) is 5.91 Å². The molecule has 1 heterocycles. The Morgan fingerprint density at radius 2 is 1.51 bits per heavy atom. The van der Waals surface area contributed by atoms with Crippen LogP contribution in [-0.4, -0.2) is 53.4 Å². The first-order chi connectivity index (χ1) is 19.1. The number of benzene rings is 2. The molecule has 11 heteroatoms. The number of fused-ring (bicyclic) bond motifs is 1. The van der Waals surface area contributed by atoms with Gasteiger partial charge in [0, 0.05) is 30.1 Å². The normalized spacial score (nSPS) is 12.5. The van der Waals surface area contributed by atoms with Gasteiger partial charge in [-0.25, -0.2) is 18.4 Å². The van der Waals surface area contributed by atoms with Crippen LogP contribution in [0.15, 0.2) is 42.5 Å². The SMILES string of the molecule is CC(C)(C)OC(=O)NCCC[C@@H](CNC(=O)c1[nH]c2c(F)cccc2c1-c1ccc(F)cc1)NC(=O)OC(C)(C)C. The number of hydrogen-bond donors (Lipinski definition) is 4. The Labute approximate surface area is 238 Å². The zero-order valence-corrected chi connectivity index (χ0v) is 24.2. The van der Waals surface area contributed by atoms with E-state index in [9.17, 15) is 23.2 Å². The molecule has 0 saturated carbocycles. The van der Waals surface area contributed by atoms with Gasteiger partial charge in [0.2, 0.25) is 0 Å². The predicted molar refractivity (Wildman–Crippen MR) is 153 cm³/mol. The number of ether oxygens (including phenoxy) is 2. The number of aromatic amines is 1. The van der Waals surface area contributed by atoms with Crippen LogP contribution in [0.2, 0.25) is 0 Å². The lowest BCUT2D eigenvalue weighted by Crippen LogP contribution is -2.46. The summed E-state index contributed by atoms with van der Waals surface area (Å²) < 4.78 is 38.8. The highest BCUT2D eigenvalue weighted by Crippen LogP contribution is 2.33. The molecule has 0 aliphatic rings. The highest BCUT2D eigenvalue weighted by atomic mass is 19.1. The molecule has 2 aromatic carbocycles. The molecule has 41 heavy (non-hydrogen) atoms. The van der Waals surface area contributed by atoms with Crippen molar-refractivity contribution in [2.45, 2.75) is 71.6 Å². The fraction of sp³-hybridized carbons (Fsp3) is 0.433. The first kappa shape index (κ1) is 31.4. The molecule has 4 N–H and O–H groups in total. The summed E-state index contributed by atoms with van der Waals surface area (Å²) in [5.74, 6) is -1.52. The monoisotopic (exact) mass is 572 g/mol. The minimum Gasteiger partial charge on any atom is -0.444 e. The second-order valence-electron chi connectivity index (χ2n) is 11.7. The Balaban J connectivity index is 1.76. The van der Waals surface area contributed by atoms with Gasteiger partial charge in [0.15, 0.2) is 0 Å². The van der Waals surface area contributed by atoms with E-state index in [1.54, 1.807) is 47.6 Å². The number of hydrogen-bond acceptors (Lipinski definition) is 5. The molecule has 0 unspecified atom stereocenters. The molecule has 3 amide bonds. The summed E-state index contributed by atoms with van der Waals surface area (Å²) in [6.45, 7) is 10.8. The van der Waals surface area contributed by atoms with E-state index < -0.39 is 47.0 Å². The lowest BCUT2D eigenvalue weighted by Gasteiger charge is -2.24. The number of rotatable bonds is 9. The summed E-state index contributed by atoms with van der Waals surface area (Å²) in [5, 5.41) is 8.70. The van der Waals surface area contributed by atoms with Crippen molar-refractivity contribution in [3.63, 3.8) is 0 Å². The maximum absolute atomic E-state index is 14.6. The van der Waals surface area contributed by atoms with Crippen molar-refractivity contribution in [1.29, 1.82) is 0 Å². The first-order valence-electron chi connectivity index (χ1n) is 13.4. The molecule has 3 aromatic rings. The van der Waals surface area contributed by atoms with Crippen LogP contribution in [0.4, 0.5) is 18.4 Å². The molecule has 9 nitrogen and oxygen atoms in total. The number of aromatic nitrogens is 1. The van der Waals surface area contributed by atoms with Crippen LogP contribution in [0.3, 0.4) is 0 Å². The third-order valence-corrected chi connectivity index (χ3v) is 5.77. The van der Waals surface area contributed by atoms with Crippen LogP contribution in [0.5, 0.6) is 0 Å². The largest absolute Gasteiger partial charge is 0.444 e. The molecule has 0 bridgehead atoms. The number of carbonyl (C=O) groups excluding carboxylic acids is 3. The molecular formula is C30H38F2N4O5. The van der Waals surface area contributed by atoms with Gasteiger partial charge >= 0.3 is 12.2 Å². The van der Waals surface area contributed by atoms with Crippen LogP contribution < -0.4 is 16.0 Å². The van der Waals surface area contributed by atoms with Gasteiger partial charge in [0.1, 0.15) is 28.5 Å². The average Bonchev–Trinajstić information content (AvgIpc) is 3.24. The number of halogens is 2. The Hall–Kier alpha value is -4.15. The fourth-order valence-electron chi connectivity index (χ4n) is 4.13. The van der Waals surface area contributed by atoms with Gasteiger partial charge in [-0.2, -0.15) is 0 Å². The van der Waals surface area contributed by atoms with Gasteiger partial charge in [0.05, 0.1) is 5.52 Å². The van der Waals surface area contributed by atoms with Crippen molar-refractivity contribution in [2.75, 3.05) is 13.1 Å². The van der Waals surface area contributed by atoms with E-state index in [-0.39, 0.29) is 24.3 Å². The highest BCUT2D eigenvalue weighted by molar-refractivity contribution is 6.09. The van der Waals surface area contributed by atoms with E-state index in [1.165, 1.54) is 36.4 Å². The van der Waals surface area contributed by atoms with Crippen molar-refractivity contribution in [3.8, 4) is 11.1 Å². The van der Waals surface area contributed by atoms with Crippen LogP contribution in [-0.2, 0) is 9.47 Å². The molecule has 0 radical (unpaired) electrons. The summed E-state index contributed by atoms with van der Waals surface area (Å²) in [6, 6.07) is 9.50. The van der Waals surface area contributed by atoms with Gasteiger partial charge in [-0.15, -0.1) is 0 Å². The number of alkyl carbamates (subject to hydrolysis) is 2. The topological polar surface area (TPSA) is 122 Å². The zero-order valence-electron chi connectivity index (χ0n) is 24.2. The van der Waals surface area contributed by atoms with Crippen LogP contribution in [0.25, 0.3) is 22.0 Å². The molecular weight excluding hydrogens is 534 g/mol. The maximum atomic E-state index is 14.6. The quantitative estimate of drug-likeness (QED) is 0.233. The molecule has 1 aromatic heterocycles. The maximum Gasteiger partial charge on any atom is 0.407 e. The second-order valence-corrected chi connectivity index (χ2v) is 11.7. The summed E-state index contributed by atoms with van der Waals surface area (Å²) >= 11 is 0. The molecule has 0 spiro atoms. The third kappa shape index (κ3) is 9.47. The molecule has 3 rings (SSSR count). The van der Waals surface area contributed by atoms with Gasteiger partial charge < -0.3 is 30.4 Å². The summed E-state index contributed by atoms with van der Waals surface area (Å²) in [4.78, 5) is 40.7. The van der Waals surface area contributed by atoms with E-state index in [0.717, 1.165) is 0 Å². The molecule has 222 valence electrons. The molecule has 0 saturated heterocycles. The summed E-state index contributed by atoms with van der Waals surface area (Å²) in [7, 11) is 0. The molecule has 0 aliphatic carbocycles. The van der Waals surface area contributed by atoms with Crippen molar-refractivity contribution in [3.05, 3.63) is 59.8 Å². The van der Waals surface area contributed by atoms with Gasteiger partial charge in [-0.05, 0) is 78.1 Å². The van der Waals surface area contributed by atoms with Crippen molar-refractivity contribution in [2.24, 2.45) is 0 Å². The minimum atomic E-state index is -0.728. The average molecular weight is 573 g/mol. The van der Waals surface area contributed by atoms with Crippen LogP contribution in [0.1, 0.15) is 64.9 Å². The number of nitrogens with one attached hydrogen (secondary N) is 4. The standard InChI is InChI=1S/C30H38F2N4O5/c1-29(2,3)40-27(38)33-16-8-9-20(35-28(39)41-30(4,5)6)17-34-26(37)25-23(18-12-14-19(31)15-13-18)21-10-7-11-22(32)24(21)36-25/h7,10-15,20,36H,8-9,16-17H2,1-6H3,(H,33,38)(H,34,37)(H,35,39)/t20-/m0/s1. The summed E-state index contributed by atoms with van der Waals surface area (Å²) in [5.41, 5.74) is -0.157. The van der Waals surface area contributed by atoms with Crippen molar-refractivity contribution < 1.29 is 32.6 Å². The molecule has 0 aliphatic heterocycles. The lowest BCUT2D eigenvalue weighted by atomic mass is 10.0. The Morgan fingerprint density at radius 3 is 2.15 bits per heavy atom. The fourth-order valence-corrected chi connectivity index (χ4v) is 4.13. The second kappa shape index (κ2) is 13.0. The van der Waals surface area contributed by atoms with Crippen molar-refractivity contribution >= 4 is 29.0 Å². The molecule has 0 fully saturated rings. The predicted octanol–water partition coefficient (Wildman–Crippen LogP) is 6.04. The van der Waals surface area contributed by atoms with Gasteiger partial charge in [-0.1, -0.05) is 24.3 Å². The number of amides is 3. The van der Waals surface area contributed by atoms with E-state index >= 15 is 0 Å². The van der Waals surface area contributed by atoms with Crippen LogP contribution >= 0.6 is 0 Å². The first-order valence-corrected chi connectivity index (χ1v) is 13.4. The van der Waals surface area contributed by atoms with Crippen molar-refractivity contribution in [1.82, 2.24) is 20.9 Å². The number of carbonyl (C=O) groups is 3. The van der Waals surface area contributed by atoms with Crippen LogP contribution in [0, 0.1) is 11.6 Å². The smallest absolute Gasteiger partial charge is 0.407 e. The lowest BCUT2D eigenvalue weighted by molar-refractivity contribution is 0.0487. The highest BCUT2D eigenvalue weighted by Gasteiger charge is 2.24. The Kier molecular flexibility index (Phi) is 9.96. The number of H-pyrrole nitrogens is 1. The third-order valence-electron chi connectivity index (χ3n) is 5.77. The van der Waals surface area contributed by atoms with E-state index in [2.05, 4.69) is 20.9 Å². The van der Waals surface area contributed by atoms with Gasteiger partial charge in [-0.3, -0.25) is 4.79 Å². The zero-order chi connectivity index (χ0) is 30.4. The number of para-hydroxylation sites is 1. The van der Waals surface area contributed by atoms with E-state index in [1.807, 2.05) is 0 Å². The summed E-state index contributed by atoms with van der Waals surface area (Å²) in [6.07, 6.45) is -0.353. The Morgan fingerprint density at radius 1 is 0.878 bits per heavy atom. The van der Waals surface area contributed by atoms with E-state index in [0.29, 0.717) is 29.4 Å². The Bertz CT molecular complexity index is 1370. The van der Waals surface area contributed by atoms with E-state index in [4.69, 9.17) is 9.47 Å².